The molecule has 0 radical (unpaired) electrons. The van der Waals surface area contributed by atoms with Crippen LogP contribution in [0.3, 0.4) is 0 Å². The molecule has 2 rings (SSSR count). The molecule has 0 aromatic carbocycles. The van der Waals surface area contributed by atoms with Crippen LogP contribution in [0.2, 0.25) is 0 Å². The van der Waals surface area contributed by atoms with Gasteiger partial charge in [0.2, 0.25) is 0 Å². The molecule has 1 aromatic rings. The summed E-state index contributed by atoms with van der Waals surface area (Å²) in [5.41, 5.74) is 2.49. The highest BCUT2D eigenvalue weighted by molar-refractivity contribution is 5.14. The first-order chi connectivity index (χ1) is 8.25. The maximum atomic E-state index is 4.52. The average molecular weight is 232 g/mol. The molecule has 2 heteroatoms. The summed E-state index contributed by atoms with van der Waals surface area (Å²) in [6.45, 7) is 8.22. The Morgan fingerprint density at radius 1 is 1.24 bits per heavy atom. The van der Waals surface area contributed by atoms with Crippen molar-refractivity contribution in [2.24, 2.45) is 0 Å². The van der Waals surface area contributed by atoms with Crippen molar-refractivity contribution in [3.63, 3.8) is 0 Å². The second-order valence-electron chi connectivity index (χ2n) is 5.35. The van der Waals surface area contributed by atoms with Crippen molar-refractivity contribution >= 4 is 0 Å². The molecule has 1 saturated heterocycles. The van der Waals surface area contributed by atoms with E-state index in [0.29, 0.717) is 5.92 Å². The Labute approximate surface area is 105 Å². The van der Waals surface area contributed by atoms with E-state index in [9.17, 15) is 0 Å². The number of nitrogens with zero attached hydrogens (tertiary/aromatic N) is 2. The summed E-state index contributed by atoms with van der Waals surface area (Å²) >= 11 is 0. The van der Waals surface area contributed by atoms with Crippen LogP contribution >= 0.6 is 0 Å². The van der Waals surface area contributed by atoms with Gasteiger partial charge in [-0.05, 0) is 63.4 Å². The van der Waals surface area contributed by atoms with Crippen LogP contribution in [-0.2, 0) is 0 Å². The van der Waals surface area contributed by atoms with Crippen molar-refractivity contribution in [1.29, 1.82) is 0 Å². The average Bonchev–Trinajstić information content (AvgIpc) is 2.38. The molecule has 0 saturated carbocycles. The monoisotopic (exact) mass is 232 g/mol. The van der Waals surface area contributed by atoms with Gasteiger partial charge < -0.3 is 4.90 Å². The smallest absolute Gasteiger partial charge is 0.0432 e. The second kappa shape index (κ2) is 6.15. The van der Waals surface area contributed by atoms with Crippen LogP contribution < -0.4 is 0 Å². The SMILES string of the molecule is Cc1ccc(C(C)CCN2CCCCC2)nc1. The molecule has 1 aromatic heterocycles. The standard InChI is InChI=1S/C15H24N2/c1-13-6-7-15(16-12-13)14(2)8-11-17-9-4-3-5-10-17/h6-7,12,14H,3-5,8-11H2,1-2H3. The topological polar surface area (TPSA) is 16.1 Å². The van der Waals surface area contributed by atoms with Crippen molar-refractivity contribution in [3.8, 4) is 0 Å². The summed E-state index contributed by atoms with van der Waals surface area (Å²) in [5, 5.41) is 0. The lowest BCUT2D eigenvalue weighted by Gasteiger charge is -2.27. The molecule has 1 aliphatic heterocycles. The molecule has 1 unspecified atom stereocenters. The van der Waals surface area contributed by atoms with Gasteiger partial charge in [0.1, 0.15) is 0 Å². The number of aryl methyl sites for hydroxylation is 1. The summed E-state index contributed by atoms with van der Waals surface area (Å²) in [6.07, 6.45) is 7.41. The molecule has 0 aliphatic carbocycles. The van der Waals surface area contributed by atoms with E-state index in [2.05, 4.69) is 35.9 Å². The molecule has 0 bridgehead atoms. The highest BCUT2D eigenvalue weighted by atomic mass is 15.1. The molecule has 2 heterocycles. The summed E-state index contributed by atoms with van der Waals surface area (Å²) < 4.78 is 0. The van der Waals surface area contributed by atoms with Crippen molar-refractivity contribution < 1.29 is 0 Å². The highest BCUT2D eigenvalue weighted by Gasteiger charge is 2.12. The van der Waals surface area contributed by atoms with Crippen LogP contribution in [0, 0.1) is 6.92 Å². The van der Waals surface area contributed by atoms with Crippen LogP contribution in [0.15, 0.2) is 18.3 Å². The Bertz CT molecular complexity index is 325. The summed E-state index contributed by atoms with van der Waals surface area (Å²) in [4.78, 5) is 7.13. The van der Waals surface area contributed by atoms with Gasteiger partial charge in [-0.3, -0.25) is 4.98 Å². The van der Waals surface area contributed by atoms with Crippen LogP contribution in [-0.4, -0.2) is 29.5 Å². The second-order valence-corrected chi connectivity index (χ2v) is 5.35. The molecule has 0 N–H and O–H groups in total. The molecule has 1 fully saturated rings. The predicted molar refractivity (Wildman–Crippen MR) is 72.3 cm³/mol. The molecular formula is C15H24N2. The third-order valence-corrected chi connectivity index (χ3v) is 3.77. The van der Waals surface area contributed by atoms with Crippen molar-refractivity contribution in [1.82, 2.24) is 9.88 Å². The highest BCUT2D eigenvalue weighted by Crippen LogP contribution is 2.18. The molecular weight excluding hydrogens is 208 g/mol. The first-order valence-electron chi connectivity index (χ1n) is 6.90. The lowest BCUT2D eigenvalue weighted by molar-refractivity contribution is 0.222. The van der Waals surface area contributed by atoms with E-state index in [1.165, 1.54) is 56.6 Å². The summed E-state index contributed by atoms with van der Waals surface area (Å²) in [7, 11) is 0. The maximum Gasteiger partial charge on any atom is 0.0432 e. The van der Waals surface area contributed by atoms with E-state index >= 15 is 0 Å². The van der Waals surface area contributed by atoms with E-state index < -0.39 is 0 Å². The molecule has 2 nitrogen and oxygen atoms in total. The largest absolute Gasteiger partial charge is 0.303 e. The number of pyridine rings is 1. The fourth-order valence-electron chi connectivity index (χ4n) is 2.48. The van der Waals surface area contributed by atoms with E-state index in [4.69, 9.17) is 0 Å². The van der Waals surface area contributed by atoms with Crippen LogP contribution in [0.4, 0.5) is 0 Å². The molecule has 17 heavy (non-hydrogen) atoms. The molecule has 1 aliphatic rings. The van der Waals surface area contributed by atoms with Crippen molar-refractivity contribution in [2.45, 2.75) is 45.4 Å². The lowest BCUT2D eigenvalue weighted by Crippen LogP contribution is -2.31. The van der Waals surface area contributed by atoms with E-state index in [1.807, 2.05) is 6.20 Å². The Kier molecular flexibility index (Phi) is 4.55. The Morgan fingerprint density at radius 3 is 2.65 bits per heavy atom. The fraction of sp³-hybridized carbons (Fsp3) is 0.667. The van der Waals surface area contributed by atoms with Gasteiger partial charge in [0.15, 0.2) is 0 Å². The van der Waals surface area contributed by atoms with Gasteiger partial charge in [0, 0.05) is 11.9 Å². The van der Waals surface area contributed by atoms with Crippen LogP contribution in [0.25, 0.3) is 0 Å². The van der Waals surface area contributed by atoms with Gasteiger partial charge in [0.05, 0.1) is 0 Å². The zero-order chi connectivity index (χ0) is 12.1. The van der Waals surface area contributed by atoms with E-state index in [0.717, 1.165) is 0 Å². The van der Waals surface area contributed by atoms with Crippen LogP contribution in [0.1, 0.15) is 49.8 Å². The summed E-state index contributed by atoms with van der Waals surface area (Å²) in [6, 6.07) is 4.34. The first kappa shape index (κ1) is 12.6. The number of hydrogen-bond donors (Lipinski definition) is 0. The number of likely N-dealkylation sites (tertiary alicyclic amines) is 1. The minimum atomic E-state index is 0.581. The van der Waals surface area contributed by atoms with Gasteiger partial charge in [-0.15, -0.1) is 0 Å². The molecule has 1 atom stereocenters. The number of piperidine rings is 1. The Hall–Kier alpha value is -0.890. The van der Waals surface area contributed by atoms with Gasteiger partial charge in [-0.2, -0.15) is 0 Å². The van der Waals surface area contributed by atoms with Crippen molar-refractivity contribution in [3.05, 3.63) is 29.6 Å². The Morgan fingerprint density at radius 2 is 2.00 bits per heavy atom. The minimum absolute atomic E-state index is 0.581. The molecule has 0 spiro atoms. The van der Waals surface area contributed by atoms with Gasteiger partial charge >= 0.3 is 0 Å². The van der Waals surface area contributed by atoms with E-state index in [-0.39, 0.29) is 0 Å². The number of rotatable bonds is 4. The van der Waals surface area contributed by atoms with Crippen LogP contribution in [0.5, 0.6) is 0 Å². The predicted octanol–water partition coefficient (Wildman–Crippen LogP) is 3.37. The zero-order valence-electron chi connectivity index (χ0n) is 11.2. The number of aromatic nitrogens is 1. The third kappa shape index (κ3) is 3.81. The molecule has 0 amide bonds. The Balaban J connectivity index is 1.80. The van der Waals surface area contributed by atoms with Gasteiger partial charge in [-0.25, -0.2) is 0 Å². The molecule has 94 valence electrons. The normalized spacial score (nSPS) is 19.2. The number of hydrogen-bond acceptors (Lipinski definition) is 2. The third-order valence-electron chi connectivity index (χ3n) is 3.77. The quantitative estimate of drug-likeness (QED) is 0.791. The van der Waals surface area contributed by atoms with Gasteiger partial charge in [-0.1, -0.05) is 19.4 Å². The first-order valence-corrected chi connectivity index (χ1v) is 6.90. The fourth-order valence-corrected chi connectivity index (χ4v) is 2.48. The van der Waals surface area contributed by atoms with Gasteiger partial charge in [0.25, 0.3) is 0 Å². The maximum absolute atomic E-state index is 4.52. The zero-order valence-corrected chi connectivity index (χ0v) is 11.2. The minimum Gasteiger partial charge on any atom is -0.303 e. The summed E-state index contributed by atoms with van der Waals surface area (Å²) in [5.74, 6) is 0.581. The van der Waals surface area contributed by atoms with Crippen molar-refractivity contribution in [2.75, 3.05) is 19.6 Å². The lowest BCUT2D eigenvalue weighted by atomic mass is 10.0. The van der Waals surface area contributed by atoms with E-state index in [1.54, 1.807) is 0 Å².